The number of rotatable bonds is 8. The zero-order valence-electron chi connectivity index (χ0n) is 20.4. The number of aromatic nitrogens is 3. The van der Waals surface area contributed by atoms with Crippen LogP contribution in [0.2, 0.25) is 0 Å². The van der Waals surface area contributed by atoms with Crippen LogP contribution >= 0.6 is 0 Å². The average molecular weight is 527 g/mol. The Morgan fingerprint density at radius 3 is 2.78 bits per heavy atom. The van der Waals surface area contributed by atoms with Gasteiger partial charge in [0.2, 0.25) is 10.0 Å². The number of carboxylic acids is 1. The van der Waals surface area contributed by atoms with Gasteiger partial charge in [0, 0.05) is 25.9 Å². The van der Waals surface area contributed by atoms with Gasteiger partial charge < -0.3 is 14.6 Å². The van der Waals surface area contributed by atoms with Crippen molar-refractivity contribution in [3.05, 3.63) is 60.4 Å². The number of carbonyl (C=O) groups is 1. The molecule has 1 unspecified atom stereocenters. The average Bonchev–Trinajstić information content (AvgIpc) is 3.43. The summed E-state index contributed by atoms with van der Waals surface area (Å²) in [5.41, 5.74) is 2.32. The summed E-state index contributed by atoms with van der Waals surface area (Å²) in [7, 11) is -3.79. The van der Waals surface area contributed by atoms with E-state index in [4.69, 9.17) is 9.47 Å². The van der Waals surface area contributed by atoms with Crippen LogP contribution in [0, 0.1) is 5.92 Å². The number of nitrogens with zero attached hydrogens (tertiary/aromatic N) is 4. The highest BCUT2D eigenvalue weighted by Crippen LogP contribution is 2.28. The van der Waals surface area contributed by atoms with Crippen LogP contribution in [0.1, 0.15) is 43.9 Å². The van der Waals surface area contributed by atoms with Crippen molar-refractivity contribution in [2.45, 2.75) is 49.8 Å². The molecule has 196 valence electrons. The van der Waals surface area contributed by atoms with Crippen LogP contribution in [0.3, 0.4) is 0 Å². The fourth-order valence-corrected chi connectivity index (χ4v) is 6.35. The Hall–Kier alpha value is -3.28. The van der Waals surface area contributed by atoms with Gasteiger partial charge in [-0.05, 0) is 68.0 Å². The molecular formula is C26H30N4O6S. The normalized spacial score (nSPS) is 21.0. The molecule has 1 N–H and O–H groups in total. The van der Waals surface area contributed by atoms with Crippen molar-refractivity contribution < 1.29 is 27.8 Å². The molecule has 2 fully saturated rings. The van der Waals surface area contributed by atoms with Crippen LogP contribution < -0.4 is 4.74 Å². The van der Waals surface area contributed by atoms with Crippen molar-refractivity contribution in [3.63, 3.8) is 0 Å². The largest absolute Gasteiger partial charge is 0.487 e. The molecule has 5 rings (SSSR count). The highest BCUT2D eigenvalue weighted by atomic mass is 32.2. The third kappa shape index (κ3) is 5.68. The van der Waals surface area contributed by atoms with E-state index >= 15 is 0 Å². The minimum atomic E-state index is -3.79. The number of aliphatic carboxylic acids is 1. The molecule has 0 saturated carbocycles. The van der Waals surface area contributed by atoms with E-state index in [0.29, 0.717) is 30.7 Å². The summed E-state index contributed by atoms with van der Waals surface area (Å²) in [5.74, 6) is -1.09. The first-order valence-corrected chi connectivity index (χ1v) is 13.9. The molecule has 0 amide bonds. The van der Waals surface area contributed by atoms with Crippen LogP contribution in [0.4, 0.5) is 0 Å². The maximum atomic E-state index is 13.1. The molecule has 4 heterocycles. The Bertz CT molecular complexity index is 1340. The quantitative estimate of drug-likeness (QED) is 0.471. The molecule has 0 radical (unpaired) electrons. The molecule has 37 heavy (non-hydrogen) atoms. The maximum Gasteiger partial charge on any atom is 0.307 e. The highest BCUT2D eigenvalue weighted by molar-refractivity contribution is 7.89. The van der Waals surface area contributed by atoms with E-state index in [0.717, 1.165) is 37.3 Å². The molecule has 2 aromatic heterocycles. The SMILES string of the molecule is O=C(O)[C@H]1CCCN(S(=O)(=O)c2cccc(COc3ccc(-c4ccnn4C4CCCCO4)nc3)c2)C1. The summed E-state index contributed by atoms with van der Waals surface area (Å²) in [6.45, 7) is 1.20. The third-order valence-electron chi connectivity index (χ3n) is 6.77. The Morgan fingerprint density at radius 2 is 2.03 bits per heavy atom. The van der Waals surface area contributed by atoms with Gasteiger partial charge in [0.15, 0.2) is 6.23 Å². The topological polar surface area (TPSA) is 124 Å². The first-order chi connectivity index (χ1) is 17.9. The molecule has 2 aliphatic rings. The monoisotopic (exact) mass is 526 g/mol. The molecule has 11 heteroatoms. The van der Waals surface area contributed by atoms with Crippen molar-refractivity contribution in [3.8, 4) is 17.1 Å². The number of piperidine rings is 1. The summed E-state index contributed by atoms with van der Waals surface area (Å²) >= 11 is 0. The molecule has 0 aliphatic carbocycles. The van der Waals surface area contributed by atoms with Gasteiger partial charge in [-0.15, -0.1) is 0 Å². The standard InChI is InChI=1S/C26H30N4O6S/c31-26(32)20-6-4-13-29(17-20)37(33,34)22-7-3-5-19(15-22)18-36-21-9-10-23(27-16-21)24-11-12-28-30(24)25-8-1-2-14-35-25/h3,5,7,9-12,15-16,20,25H,1-2,4,6,8,13-14,17-18H2,(H,31,32)/t20-,25?/m0/s1. The van der Waals surface area contributed by atoms with Crippen LogP contribution in [0.5, 0.6) is 5.75 Å². The van der Waals surface area contributed by atoms with Gasteiger partial charge in [-0.1, -0.05) is 12.1 Å². The van der Waals surface area contributed by atoms with Crippen molar-refractivity contribution >= 4 is 16.0 Å². The second-order valence-electron chi connectivity index (χ2n) is 9.34. The molecular weight excluding hydrogens is 496 g/mol. The molecule has 3 aromatic rings. The van der Waals surface area contributed by atoms with Gasteiger partial charge in [-0.2, -0.15) is 9.40 Å². The Balaban J connectivity index is 1.24. The van der Waals surface area contributed by atoms with Gasteiger partial charge in [0.05, 0.1) is 28.4 Å². The number of carboxylic acid groups (broad SMARTS) is 1. The van der Waals surface area contributed by atoms with E-state index < -0.39 is 21.9 Å². The molecule has 1 aromatic carbocycles. The van der Waals surface area contributed by atoms with Crippen LogP contribution in [-0.2, 0) is 26.2 Å². The number of pyridine rings is 1. The van der Waals surface area contributed by atoms with Crippen LogP contribution in [0.15, 0.2) is 59.8 Å². The Labute approximate surface area is 215 Å². The summed E-state index contributed by atoms with van der Waals surface area (Å²) in [6, 6.07) is 12.2. The maximum absolute atomic E-state index is 13.1. The van der Waals surface area contributed by atoms with E-state index in [9.17, 15) is 18.3 Å². The highest BCUT2D eigenvalue weighted by Gasteiger charge is 2.33. The zero-order chi connectivity index (χ0) is 25.8. The number of benzene rings is 1. The second kappa shape index (κ2) is 11.0. The van der Waals surface area contributed by atoms with E-state index in [1.54, 1.807) is 30.6 Å². The molecule has 2 atom stereocenters. The lowest BCUT2D eigenvalue weighted by Gasteiger charge is -2.29. The van der Waals surface area contributed by atoms with Crippen molar-refractivity contribution in [2.75, 3.05) is 19.7 Å². The van der Waals surface area contributed by atoms with Gasteiger partial charge in [-0.3, -0.25) is 9.78 Å². The van der Waals surface area contributed by atoms with E-state index in [1.807, 2.05) is 22.9 Å². The summed E-state index contributed by atoms with van der Waals surface area (Å²) < 4.78 is 41.2. The zero-order valence-corrected chi connectivity index (χ0v) is 21.2. The van der Waals surface area contributed by atoms with E-state index in [1.165, 1.54) is 10.4 Å². The van der Waals surface area contributed by atoms with Crippen molar-refractivity contribution in [1.29, 1.82) is 0 Å². The number of hydrogen-bond acceptors (Lipinski definition) is 7. The summed E-state index contributed by atoms with van der Waals surface area (Å²) in [4.78, 5) is 16.0. The minimum Gasteiger partial charge on any atom is -0.487 e. The lowest BCUT2D eigenvalue weighted by molar-refractivity contribution is -0.142. The fraction of sp³-hybridized carbons (Fsp3) is 0.423. The third-order valence-corrected chi connectivity index (χ3v) is 8.63. The fourth-order valence-electron chi connectivity index (χ4n) is 4.75. The van der Waals surface area contributed by atoms with Crippen LogP contribution in [0.25, 0.3) is 11.4 Å². The second-order valence-corrected chi connectivity index (χ2v) is 11.3. The molecule has 2 saturated heterocycles. The van der Waals surface area contributed by atoms with Gasteiger partial charge in [0.25, 0.3) is 0 Å². The lowest BCUT2D eigenvalue weighted by Crippen LogP contribution is -2.42. The van der Waals surface area contributed by atoms with Gasteiger partial charge >= 0.3 is 5.97 Å². The molecule has 0 spiro atoms. The first kappa shape index (κ1) is 25.4. The Morgan fingerprint density at radius 1 is 1.14 bits per heavy atom. The minimum absolute atomic E-state index is 0.0117. The molecule has 2 aliphatic heterocycles. The smallest absolute Gasteiger partial charge is 0.307 e. The first-order valence-electron chi connectivity index (χ1n) is 12.5. The number of hydrogen-bond donors (Lipinski definition) is 1. The van der Waals surface area contributed by atoms with E-state index in [-0.39, 0.29) is 24.3 Å². The number of ether oxygens (including phenoxy) is 2. The van der Waals surface area contributed by atoms with Crippen LogP contribution in [-0.4, -0.2) is 58.3 Å². The lowest BCUT2D eigenvalue weighted by atomic mass is 10.0. The van der Waals surface area contributed by atoms with Crippen molar-refractivity contribution in [1.82, 2.24) is 19.1 Å². The summed E-state index contributed by atoms with van der Waals surface area (Å²) in [5, 5.41) is 13.7. The Kier molecular flexibility index (Phi) is 7.54. The van der Waals surface area contributed by atoms with Gasteiger partial charge in [-0.25, -0.2) is 13.1 Å². The predicted octanol–water partition coefficient (Wildman–Crippen LogP) is 3.71. The van der Waals surface area contributed by atoms with Crippen molar-refractivity contribution in [2.24, 2.45) is 5.92 Å². The van der Waals surface area contributed by atoms with E-state index in [2.05, 4.69) is 10.1 Å². The summed E-state index contributed by atoms with van der Waals surface area (Å²) in [6.07, 6.45) is 7.39. The predicted molar refractivity (Wildman–Crippen MR) is 134 cm³/mol. The number of sulfonamides is 1. The molecule has 10 nitrogen and oxygen atoms in total. The van der Waals surface area contributed by atoms with Gasteiger partial charge in [0.1, 0.15) is 12.4 Å². The molecule has 0 bridgehead atoms.